The number of anilines is 1. The molecular weight excluding hydrogens is 540 g/mol. The molecule has 1 saturated heterocycles. The van der Waals surface area contributed by atoms with Crippen molar-refractivity contribution in [1.82, 2.24) is 5.32 Å². The molecule has 3 aromatic rings. The molecule has 1 aliphatic rings. The lowest BCUT2D eigenvalue weighted by molar-refractivity contribution is -0.113. The summed E-state index contributed by atoms with van der Waals surface area (Å²) in [6.45, 7) is 0.364. The van der Waals surface area contributed by atoms with Crippen LogP contribution in [0.5, 0.6) is 11.5 Å². The molecule has 0 aliphatic carbocycles. The Morgan fingerprint density at radius 1 is 1.00 bits per heavy atom. The molecule has 1 fully saturated rings. The van der Waals surface area contributed by atoms with Gasteiger partial charge in [-0.25, -0.2) is 9.69 Å². The maximum atomic E-state index is 12.8. The van der Waals surface area contributed by atoms with E-state index in [1.807, 2.05) is 30.3 Å². The molecule has 0 saturated carbocycles. The van der Waals surface area contributed by atoms with Crippen LogP contribution in [0.25, 0.3) is 6.08 Å². The number of hydrogen-bond acceptors (Lipinski definition) is 4. The molecule has 8 heteroatoms. The van der Waals surface area contributed by atoms with Gasteiger partial charge in [-0.05, 0) is 69.5 Å². The maximum Gasteiger partial charge on any atom is 0.333 e. The number of rotatable bonds is 6. The molecule has 32 heavy (non-hydrogen) atoms. The molecule has 6 nitrogen and oxygen atoms in total. The van der Waals surface area contributed by atoms with Gasteiger partial charge in [0.05, 0.1) is 17.3 Å². The first-order valence-corrected chi connectivity index (χ1v) is 11.2. The van der Waals surface area contributed by atoms with Gasteiger partial charge in [0.2, 0.25) is 0 Å². The second kappa shape index (κ2) is 9.58. The Morgan fingerprint density at radius 3 is 2.41 bits per heavy atom. The van der Waals surface area contributed by atoms with E-state index in [0.717, 1.165) is 14.9 Å². The Morgan fingerprint density at radius 2 is 1.72 bits per heavy atom. The van der Waals surface area contributed by atoms with Crippen molar-refractivity contribution < 1.29 is 19.1 Å². The Kier molecular flexibility index (Phi) is 6.62. The van der Waals surface area contributed by atoms with Crippen LogP contribution in [0, 0.1) is 0 Å². The van der Waals surface area contributed by atoms with E-state index in [2.05, 4.69) is 37.2 Å². The van der Waals surface area contributed by atoms with Crippen molar-refractivity contribution in [2.75, 3.05) is 12.0 Å². The lowest BCUT2D eigenvalue weighted by Gasteiger charge is -2.14. The second-order valence-corrected chi connectivity index (χ2v) is 8.68. The van der Waals surface area contributed by atoms with Crippen LogP contribution in [0.15, 0.2) is 81.4 Å². The molecule has 1 N–H and O–H groups in total. The third-order valence-electron chi connectivity index (χ3n) is 4.75. The molecule has 0 bridgehead atoms. The van der Waals surface area contributed by atoms with Crippen molar-refractivity contribution in [2.24, 2.45) is 0 Å². The molecule has 1 heterocycles. The number of halogens is 2. The maximum absolute atomic E-state index is 12.8. The quantitative estimate of drug-likeness (QED) is 0.303. The minimum atomic E-state index is -0.493. The molecule has 0 radical (unpaired) electrons. The normalized spacial score (nSPS) is 14.6. The summed E-state index contributed by atoms with van der Waals surface area (Å²) in [5.41, 5.74) is 2.36. The predicted molar refractivity (Wildman–Crippen MR) is 130 cm³/mol. The van der Waals surface area contributed by atoms with Crippen molar-refractivity contribution >= 4 is 55.6 Å². The number of para-hydroxylation sites is 1. The van der Waals surface area contributed by atoms with Crippen molar-refractivity contribution in [2.45, 2.75) is 6.61 Å². The van der Waals surface area contributed by atoms with Crippen LogP contribution in [0.3, 0.4) is 0 Å². The fourth-order valence-electron chi connectivity index (χ4n) is 3.21. The average Bonchev–Trinajstić information content (AvgIpc) is 3.07. The van der Waals surface area contributed by atoms with Gasteiger partial charge in [-0.1, -0.05) is 46.3 Å². The summed E-state index contributed by atoms with van der Waals surface area (Å²) in [6.07, 6.45) is 1.61. The van der Waals surface area contributed by atoms with E-state index in [4.69, 9.17) is 9.47 Å². The van der Waals surface area contributed by atoms with Gasteiger partial charge in [-0.3, -0.25) is 4.79 Å². The lowest BCUT2D eigenvalue weighted by atomic mass is 10.1. The highest BCUT2D eigenvalue weighted by Gasteiger charge is 2.34. The predicted octanol–water partition coefficient (Wildman–Crippen LogP) is 5.90. The standard InChI is InChI=1S/C24H18Br2N2O4/c1-31-21-13-16(11-19(26)22(21)32-14-15-7-9-17(25)10-8-15)12-20-23(29)28(24(30)27-20)18-5-3-2-4-6-18/h2-13H,14H2,1H3,(H,27,30)/b20-12+. The lowest BCUT2D eigenvalue weighted by Crippen LogP contribution is -2.30. The highest BCUT2D eigenvalue weighted by Crippen LogP contribution is 2.38. The second-order valence-electron chi connectivity index (χ2n) is 6.91. The number of carbonyl (C=O) groups excluding carboxylic acids is 2. The van der Waals surface area contributed by atoms with Crippen LogP contribution >= 0.6 is 31.9 Å². The molecule has 3 amide bonds. The van der Waals surface area contributed by atoms with Crippen molar-refractivity contribution in [3.05, 3.63) is 92.5 Å². The van der Waals surface area contributed by atoms with Gasteiger partial charge in [0.1, 0.15) is 12.3 Å². The molecule has 0 unspecified atom stereocenters. The van der Waals surface area contributed by atoms with E-state index in [1.54, 1.807) is 49.6 Å². The van der Waals surface area contributed by atoms with Crippen molar-refractivity contribution in [3.63, 3.8) is 0 Å². The van der Waals surface area contributed by atoms with Gasteiger partial charge in [0.25, 0.3) is 5.91 Å². The first-order valence-electron chi connectivity index (χ1n) is 9.63. The van der Waals surface area contributed by atoms with Gasteiger partial charge in [-0.15, -0.1) is 0 Å². The minimum Gasteiger partial charge on any atom is -0.493 e. The molecule has 0 atom stereocenters. The topological polar surface area (TPSA) is 67.9 Å². The molecular formula is C24H18Br2N2O4. The number of amides is 3. The third kappa shape index (κ3) is 4.71. The van der Waals surface area contributed by atoms with Crippen LogP contribution in [0.2, 0.25) is 0 Å². The fraction of sp³-hybridized carbons (Fsp3) is 0.0833. The molecule has 4 rings (SSSR count). The highest BCUT2D eigenvalue weighted by atomic mass is 79.9. The number of hydrogen-bond donors (Lipinski definition) is 1. The van der Waals surface area contributed by atoms with Gasteiger partial charge in [0, 0.05) is 4.47 Å². The van der Waals surface area contributed by atoms with Crippen LogP contribution in [-0.4, -0.2) is 19.0 Å². The van der Waals surface area contributed by atoms with E-state index in [9.17, 15) is 9.59 Å². The van der Waals surface area contributed by atoms with Crippen LogP contribution in [0.1, 0.15) is 11.1 Å². The van der Waals surface area contributed by atoms with Gasteiger partial charge < -0.3 is 14.8 Å². The summed E-state index contributed by atoms with van der Waals surface area (Å²) in [5.74, 6) is 0.622. The SMILES string of the molecule is COc1cc(/C=C2/NC(=O)N(c3ccccc3)C2=O)cc(Br)c1OCc1ccc(Br)cc1. The molecule has 1 aliphatic heterocycles. The average molecular weight is 558 g/mol. The van der Waals surface area contributed by atoms with E-state index in [0.29, 0.717) is 33.8 Å². The zero-order valence-electron chi connectivity index (χ0n) is 17.0. The molecule has 0 spiro atoms. The van der Waals surface area contributed by atoms with Crippen LogP contribution in [0.4, 0.5) is 10.5 Å². The number of benzene rings is 3. The van der Waals surface area contributed by atoms with Crippen molar-refractivity contribution in [1.29, 1.82) is 0 Å². The first-order chi connectivity index (χ1) is 15.5. The van der Waals surface area contributed by atoms with E-state index in [-0.39, 0.29) is 5.70 Å². The fourth-order valence-corrected chi connectivity index (χ4v) is 4.05. The van der Waals surface area contributed by atoms with Crippen molar-refractivity contribution in [3.8, 4) is 11.5 Å². The van der Waals surface area contributed by atoms with Gasteiger partial charge in [-0.2, -0.15) is 0 Å². The molecule has 0 aromatic heterocycles. The van der Waals surface area contributed by atoms with Gasteiger partial charge >= 0.3 is 6.03 Å². The van der Waals surface area contributed by atoms with E-state index < -0.39 is 11.9 Å². The van der Waals surface area contributed by atoms with E-state index >= 15 is 0 Å². The largest absolute Gasteiger partial charge is 0.493 e. The number of nitrogens with zero attached hydrogens (tertiary/aromatic N) is 1. The summed E-state index contributed by atoms with van der Waals surface area (Å²) in [7, 11) is 1.55. The zero-order valence-corrected chi connectivity index (χ0v) is 20.1. The van der Waals surface area contributed by atoms with Gasteiger partial charge in [0.15, 0.2) is 11.5 Å². The Hall–Kier alpha value is -3.10. The monoisotopic (exact) mass is 556 g/mol. The Balaban J connectivity index is 1.57. The smallest absolute Gasteiger partial charge is 0.333 e. The van der Waals surface area contributed by atoms with E-state index in [1.165, 1.54) is 0 Å². The number of imide groups is 1. The van der Waals surface area contributed by atoms with Crippen LogP contribution < -0.4 is 19.7 Å². The number of methoxy groups -OCH3 is 1. The first kappa shape index (κ1) is 22.1. The summed E-state index contributed by atoms with van der Waals surface area (Å²) in [4.78, 5) is 26.3. The number of carbonyl (C=O) groups is 2. The summed E-state index contributed by atoms with van der Waals surface area (Å²) >= 11 is 6.94. The highest BCUT2D eigenvalue weighted by molar-refractivity contribution is 9.10. The Labute approximate surface area is 202 Å². The van der Waals surface area contributed by atoms with Crippen LogP contribution in [-0.2, 0) is 11.4 Å². The number of nitrogens with one attached hydrogen (secondary N) is 1. The minimum absolute atomic E-state index is 0.177. The third-order valence-corrected chi connectivity index (χ3v) is 5.87. The molecule has 3 aromatic carbocycles. The summed E-state index contributed by atoms with van der Waals surface area (Å²) in [6, 6.07) is 19.7. The summed E-state index contributed by atoms with van der Waals surface area (Å²) in [5, 5.41) is 2.63. The Bertz CT molecular complexity index is 1190. The zero-order chi connectivity index (χ0) is 22.7. The molecule has 162 valence electrons. The number of ether oxygens (including phenoxy) is 2. The number of urea groups is 1. The summed E-state index contributed by atoms with van der Waals surface area (Å²) < 4.78 is 13.1.